The number of carbonyl (C=O) groups excluding carboxylic acids is 1. The van der Waals surface area contributed by atoms with Gasteiger partial charge in [0, 0.05) is 25.7 Å². The van der Waals surface area contributed by atoms with Crippen LogP contribution in [0.15, 0.2) is 121 Å². The summed E-state index contributed by atoms with van der Waals surface area (Å²) < 4.78 is 0. The minimum absolute atomic E-state index is 0.0193. The van der Waals surface area contributed by atoms with Crippen LogP contribution in [0.3, 0.4) is 0 Å². The molecular formula is C34H36O6. The van der Waals surface area contributed by atoms with Crippen molar-refractivity contribution >= 4 is 5.78 Å². The van der Waals surface area contributed by atoms with E-state index in [-0.39, 0.29) is 25.7 Å². The highest BCUT2D eigenvalue weighted by Gasteiger charge is 2.60. The maximum absolute atomic E-state index is 13.5. The van der Waals surface area contributed by atoms with Gasteiger partial charge in [-0.05, 0) is 22.3 Å². The zero-order valence-corrected chi connectivity index (χ0v) is 22.3. The molecule has 0 bridgehead atoms. The number of aliphatic hydroxyl groups excluding tert-OH is 3. The third kappa shape index (κ3) is 6.73. The van der Waals surface area contributed by atoms with Crippen LogP contribution in [0.2, 0.25) is 0 Å². The standard InChI is InChI=1S/C34H36O6/c35-29(21-25-13-5-1-6-14-25)31(37)33(39,23-27-17-9-3-10-18-27)34(40,24-28-19-11-4-12-20-28)32(38)30(36)22-26-15-7-2-8-16-26/h1-20,29,31-32,35,37-40H,21-24H2/t29?,31-,32+,33-,34-/m1/s1. The third-order valence-corrected chi connectivity index (χ3v) is 7.50. The SMILES string of the molecule is O=C(Cc1ccccc1)[C@H](O)[C@](O)(Cc1ccccc1)[C@@](O)(Cc1ccccc1)[C@H](O)C(O)Cc1ccccc1. The van der Waals surface area contributed by atoms with Crippen molar-refractivity contribution in [3.8, 4) is 0 Å². The Morgan fingerprint density at radius 1 is 0.550 bits per heavy atom. The first-order valence-electron chi connectivity index (χ1n) is 13.4. The Morgan fingerprint density at radius 2 is 0.925 bits per heavy atom. The Hall–Kier alpha value is -3.65. The molecule has 4 aromatic carbocycles. The number of aliphatic hydroxyl groups is 5. The first-order valence-corrected chi connectivity index (χ1v) is 13.4. The van der Waals surface area contributed by atoms with Crippen LogP contribution in [0, 0.1) is 0 Å². The molecule has 6 heteroatoms. The summed E-state index contributed by atoms with van der Waals surface area (Å²) in [5.74, 6) is -0.721. The normalized spacial score (nSPS) is 16.7. The van der Waals surface area contributed by atoms with Crippen LogP contribution in [-0.2, 0) is 30.5 Å². The van der Waals surface area contributed by atoms with Gasteiger partial charge in [0.25, 0.3) is 0 Å². The van der Waals surface area contributed by atoms with Crippen molar-refractivity contribution in [2.24, 2.45) is 0 Å². The summed E-state index contributed by atoms with van der Waals surface area (Å²) in [6.45, 7) is 0. The topological polar surface area (TPSA) is 118 Å². The van der Waals surface area contributed by atoms with Gasteiger partial charge in [0.05, 0.1) is 6.10 Å². The van der Waals surface area contributed by atoms with Crippen molar-refractivity contribution in [3.63, 3.8) is 0 Å². The average Bonchev–Trinajstić information content (AvgIpc) is 2.98. The fraction of sp³-hybridized carbons (Fsp3) is 0.265. The Labute approximate surface area is 234 Å². The Morgan fingerprint density at radius 3 is 1.38 bits per heavy atom. The Kier molecular flexibility index (Phi) is 9.63. The molecule has 4 aromatic rings. The largest absolute Gasteiger partial charge is 0.390 e. The van der Waals surface area contributed by atoms with Crippen LogP contribution in [0.1, 0.15) is 22.3 Å². The van der Waals surface area contributed by atoms with E-state index in [1.165, 1.54) is 0 Å². The van der Waals surface area contributed by atoms with Crippen molar-refractivity contribution in [2.45, 2.75) is 55.2 Å². The molecule has 0 amide bonds. The Balaban J connectivity index is 1.78. The first-order chi connectivity index (χ1) is 19.2. The lowest BCUT2D eigenvalue weighted by Crippen LogP contribution is -2.72. The highest BCUT2D eigenvalue weighted by molar-refractivity contribution is 5.86. The molecule has 40 heavy (non-hydrogen) atoms. The lowest BCUT2D eigenvalue weighted by molar-refractivity contribution is -0.250. The van der Waals surface area contributed by atoms with Gasteiger partial charge < -0.3 is 25.5 Å². The molecule has 1 unspecified atom stereocenters. The van der Waals surface area contributed by atoms with Gasteiger partial charge in [0.1, 0.15) is 23.4 Å². The lowest BCUT2D eigenvalue weighted by atomic mass is 9.66. The fourth-order valence-corrected chi connectivity index (χ4v) is 5.26. The molecule has 0 spiro atoms. The molecule has 0 aliphatic rings. The van der Waals surface area contributed by atoms with Gasteiger partial charge in [-0.3, -0.25) is 4.79 Å². The summed E-state index contributed by atoms with van der Waals surface area (Å²) in [5, 5.41) is 59.1. The minimum Gasteiger partial charge on any atom is -0.390 e. The van der Waals surface area contributed by atoms with Crippen LogP contribution in [0.5, 0.6) is 0 Å². The van der Waals surface area contributed by atoms with Gasteiger partial charge in [0.15, 0.2) is 5.78 Å². The van der Waals surface area contributed by atoms with Gasteiger partial charge in [-0.1, -0.05) is 121 Å². The quantitative estimate of drug-likeness (QED) is 0.178. The van der Waals surface area contributed by atoms with Crippen molar-refractivity contribution in [1.82, 2.24) is 0 Å². The molecule has 0 aromatic heterocycles. The van der Waals surface area contributed by atoms with E-state index in [9.17, 15) is 30.3 Å². The maximum atomic E-state index is 13.5. The molecule has 0 saturated heterocycles. The molecular weight excluding hydrogens is 504 g/mol. The number of benzene rings is 4. The summed E-state index contributed by atoms with van der Waals surface area (Å²) in [6.07, 6.45) is -6.43. The smallest absolute Gasteiger partial charge is 0.168 e. The highest BCUT2D eigenvalue weighted by atomic mass is 16.4. The van der Waals surface area contributed by atoms with Crippen LogP contribution >= 0.6 is 0 Å². The van der Waals surface area contributed by atoms with E-state index in [0.717, 1.165) is 0 Å². The number of hydrogen-bond acceptors (Lipinski definition) is 6. The second-order valence-electron chi connectivity index (χ2n) is 10.4. The zero-order chi connectivity index (χ0) is 28.6. The molecule has 0 aliphatic heterocycles. The van der Waals surface area contributed by atoms with Crippen LogP contribution in [0.4, 0.5) is 0 Å². The molecule has 4 rings (SSSR count). The molecule has 5 atom stereocenters. The zero-order valence-electron chi connectivity index (χ0n) is 22.3. The predicted octanol–water partition coefficient (Wildman–Crippen LogP) is 3.07. The number of rotatable bonds is 13. The molecule has 0 radical (unpaired) electrons. The average molecular weight is 541 g/mol. The highest BCUT2D eigenvalue weighted by Crippen LogP contribution is 2.38. The third-order valence-electron chi connectivity index (χ3n) is 7.50. The summed E-state index contributed by atoms with van der Waals surface area (Å²) in [7, 11) is 0. The van der Waals surface area contributed by atoms with Gasteiger partial charge in [0.2, 0.25) is 0 Å². The van der Waals surface area contributed by atoms with Gasteiger partial charge in [-0.2, -0.15) is 0 Å². The van der Waals surface area contributed by atoms with Crippen molar-refractivity contribution < 1.29 is 30.3 Å². The van der Waals surface area contributed by atoms with E-state index in [1.54, 1.807) is 115 Å². The number of ketones is 1. The van der Waals surface area contributed by atoms with Crippen molar-refractivity contribution in [1.29, 1.82) is 0 Å². The molecule has 6 nitrogen and oxygen atoms in total. The van der Waals surface area contributed by atoms with E-state index in [0.29, 0.717) is 22.3 Å². The number of hydrogen-bond donors (Lipinski definition) is 5. The van der Waals surface area contributed by atoms with Crippen LogP contribution in [-0.4, -0.2) is 60.8 Å². The van der Waals surface area contributed by atoms with Crippen molar-refractivity contribution in [2.75, 3.05) is 0 Å². The summed E-state index contributed by atoms with van der Waals surface area (Å²) >= 11 is 0. The van der Waals surface area contributed by atoms with Gasteiger partial charge >= 0.3 is 0 Å². The van der Waals surface area contributed by atoms with Crippen LogP contribution in [0.25, 0.3) is 0 Å². The fourth-order valence-electron chi connectivity index (χ4n) is 5.26. The molecule has 208 valence electrons. The number of Topliss-reactive ketones (excluding diaryl/α,β-unsaturated/α-hetero) is 1. The molecule has 0 heterocycles. The summed E-state index contributed by atoms with van der Waals surface area (Å²) in [6, 6.07) is 35.1. The van der Waals surface area contributed by atoms with Crippen LogP contribution < -0.4 is 0 Å². The Bertz CT molecular complexity index is 1330. The summed E-state index contributed by atoms with van der Waals surface area (Å²) in [5.41, 5.74) is -2.69. The lowest BCUT2D eigenvalue weighted by Gasteiger charge is -2.49. The van der Waals surface area contributed by atoms with Gasteiger partial charge in [-0.25, -0.2) is 0 Å². The van der Waals surface area contributed by atoms with E-state index >= 15 is 0 Å². The molecule has 0 aliphatic carbocycles. The van der Waals surface area contributed by atoms with Crippen molar-refractivity contribution in [3.05, 3.63) is 144 Å². The minimum atomic E-state index is -2.58. The van der Waals surface area contributed by atoms with E-state index in [2.05, 4.69) is 0 Å². The maximum Gasteiger partial charge on any atom is 0.168 e. The summed E-state index contributed by atoms with van der Waals surface area (Å²) in [4.78, 5) is 13.5. The van der Waals surface area contributed by atoms with E-state index in [4.69, 9.17) is 0 Å². The molecule has 0 fully saturated rings. The molecule has 5 N–H and O–H groups in total. The monoisotopic (exact) mass is 540 g/mol. The van der Waals surface area contributed by atoms with E-state index in [1.807, 2.05) is 6.07 Å². The predicted molar refractivity (Wildman–Crippen MR) is 154 cm³/mol. The second-order valence-corrected chi connectivity index (χ2v) is 10.4. The first kappa shape index (κ1) is 29.3. The van der Waals surface area contributed by atoms with Gasteiger partial charge in [-0.15, -0.1) is 0 Å². The van der Waals surface area contributed by atoms with E-state index < -0.39 is 35.3 Å². The second kappa shape index (κ2) is 13.1. The number of carbonyl (C=O) groups is 1. The molecule has 0 saturated carbocycles.